The number of rotatable bonds is 6. The lowest BCUT2D eigenvalue weighted by molar-refractivity contribution is 0.412. The molecule has 0 N–H and O–H groups in total. The lowest BCUT2D eigenvalue weighted by Crippen LogP contribution is -2.29. The monoisotopic (exact) mass is 406 g/mol. The topological polar surface area (TPSA) is 24.9 Å². The number of piperidine rings is 2. The number of anilines is 2. The molecule has 2 heterocycles. The summed E-state index contributed by atoms with van der Waals surface area (Å²) >= 11 is 0. The molecule has 2 saturated heterocycles. The van der Waals surface area contributed by atoms with Crippen LogP contribution in [0.3, 0.4) is 0 Å². The number of hydrogen-bond donors (Lipinski definition) is 0. The first-order chi connectivity index (χ1) is 14.7. The van der Waals surface area contributed by atoms with Crippen molar-refractivity contribution < 1.29 is 9.47 Å². The van der Waals surface area contributed by atoms with Crippen LogP contribution in [0.4, 0.5) is 11.4 Å². The Kier molecular flexibility index (Phi) is 6.51. The quantitative estimate of drug-likeness (QED) is 0.610. The third kappa shape index (κ3) is 4.28. The first-order valence-corrected chi connectivity index (χ1v) is 11.3. The van der Waals surface area contributed by atoms with Crippen LogP contribution in [-0.2, 0) is 0 Å². The minimum Gasteiger partial charge on any atom is -0.495 e. The third-order valence-electron chi connectivity index (χ3n) is 6.45. The molecular weight excluding hydrogens is 372 g/mol. The highest BCUT2D eigenvalue weighted by Gasteiger charge is 2.18. The zero-order chi connectivity index (χ0) is 20.9. The molecule has 0 aliphatic carbocycles. The van der Waals surface area contributed by atoms with Crippen molar-refractivity contribution in [1.82, 2.24) is 0 Å². The van der Waals surface area contributed by atoms with Crippen molar-refractivity contribution >= 4 is 16.9 Å². The van der Waals surface area contributed by atoms with Crippen LogP contribution in [-0.4, -0.2) is 40.4 Å². The predicted molar refractivity (Wildman–Crippen MR) is 126 cm³/mol. The molecule has 2 aromatic carbocycles. The highest BCUT2D eigenvalue weighted by atomic mass is 16.5. The van der Waals surface area contributed by atoms with Gasteiger partial charge in [0.2, 0.25) is 0 Å². The Morgan fingerprint density at radius 1 is 0.667 bits per heavy atom. The second-order valence-corrected chi connectivity index (χ2v) is 8.35. The number of benzene rings is 2. The van der Waals surface area contributed by atoms with Gasteiger partial charge in [-0.2, -0.15) is 0 Å². The molecule has 0 atom stereocenters. The van der Waals surface area contributed by atoms with Crippen molar-refractivity contribution in [3.05, 3.63) is 54.1 Å². The van der Waals surface area contributed by atoms with Crippen LogP contribution in [0, 0.1) is 0 Å². The summed E-state index contributed by atoms with van der Waals surface area (Å²) in [7, 11) is 3.51. The second kappa shape index (κ2) is 9.46. The molecule has 4 heteroatoms. The van der Waals surface area contributed by atoms with Crippen LogP contribution in [0.15, 0.2) is 43.0 Å². The first-order valence-electron chi connectivity index (χ1n) is 11.3. The van der Waals surface area contributed by atoms with Gasteiger partial charge in [-0.1, -0.05) is 18.7 Å². The predicted octanol–water partition coefficient (Wildman–Crippen LogP) is 5.75. The average Bonchev–Trinajstić information content (AvgIpc) is 2.83. The standard InChI is InChI=1S/C26H34N2O2/c1-20(21-10-12-23(25(18-21)29-2)27-14-6-4-7-15-27)22-11-13-24(26(19-22)30-3)28-16-8-5-9-17-28/h10-13,18-19H,1,4-9,14-17H2,2-3H3. The molecule has 0 amide bonds. The second-order valence-electron chi connectivity index (χ2n) is 8.35. The van der Waals surface area contributed by atoms with Crippen LogP contribution in [0.25, 0.3) is 5.57 Å². The maximum atomic E-state index is 5.75. The van der Waals surface area contributed by atoms with Crippen LogP contribution in [0.1, 0.15) is 49.7 Å². The van der Waals surface area contributed by atoms with E-state index in [1.54, 1.807) is 14.2 Å². The Bertz CT molecular complexity index is 809. The summed E-state index contributed by atoms with van der Waals surface area (Å²) in [6.07, 6.45) is 7.65. The van der Waals surface area contributed by atoms with Gasteiger partial charge < -0.3 is 19.3 Å². The molecule has 0 unspecified atom stereocenters. The molecule has 2 aromatic rings. The minimum absolute atomic E-state index is 0.924. The SMILES string of the molecule is C=C(c1ccc(N2CCCCC2)c(OC)c1)c1ccc(N2CCCCC2)c(OC)c1. The highest BCUT2D eigenvalue weighted by molar-refractivity contribution is 5.82. The summed E-state index contributed by atoms with van der Waals surface area (Å²) < 4.78 is 11.5. The summed E-state index contributed by atoms with van der Waals surface area (Å²) in [5, 5.41) is 0. The zero-order valence-corrected chi connectivity index (χ0v) is 18.5. The van der Waals surface area contributed by atoms with Gasteiger partial charge in [0.05, 0.1) is 25.6 Å². The number of methoxy groups -OCH3 is 2. The lowest BCUT2D eigenvalue weighted by atomic mass is 9.97. The molecule has 30 heavy (non-hydrogen) atoms. The van der Waals surface area contributed by atoms with E-state index in [4.69, 9.17) is 9.47 Å². The Balaban J connectivity index is 1.59. The van der Waals surface area contributed by atoms with E-state index in [0.717, 1.165) is 54.4 Å². The van der Waals surface area contributed by atoms with E-state index >= 15 is 0 Å². The van der Waals surface area contributed by atoms with Crippen molar-refractivity contribution in [2.45, 2.75) is 38.5 Å². The molecule has 2 fully saturated rings. The zero-order valence-electron chi connectivity index (χ0n) is 18.5. The molecule has 0 bridgehead atoms. The fourth-order valence-corrected chi connectivity index (χ4v) is 4.69. The normalized spacial score (nSPS) is 17.0. The maximum Gasteiger partial charge on any atom is 0.142 e. The fourth-order valence-electron chi connectivity index (χ4n) is 4.69. The van der Waals surface area contributed by atoms with Crippen LogP contribution in [0.2, 0.25) is 0 Å². The van der Waals surface area contributed by atoms with E-state index in [9.17, 15) is 0 Å². The smallest absolute Gasteiger partial charge is 0.142 e. The summed E-state index contributed by atoms with van der Waals surface area (Å²) in [4.78, 5) is 4.87. The lowest BCUT2D eigenvalue weighted by Gasteiger charge is -2.30. The van der Waals surface area contributed by atoms with E-state index in [-0.39, 0.29) is 0 Å². The molecule has 0 spiro atoms. The van der Waals surface area contributed by atoms with Crippen molar-refractivity contribution in [2.75, 3.05) is 50.2 Å². The van der Waals surface area contributed by atoms with Crippen molar-refractivity contribution in [2.24, 2.45) is 0 Å². The van der Waals surface area contributed by atoms with Gasteiger partial charge in [0, 0.05) is 26.2 Å². The van der Waals surface area contributed by atoms with E-state index in [2.05, 4.69) is 52.8 Å². The molecule has 2 aliphatic rings. The van der Waals surface area contributed by atoms with Crippen molar-refractivity contribution in [1.29, 1.82) is 0 Å². The summed E-state index contributed by atoms with van der Waals surface area (Å²) in [6, 6.07) is 12.9. The first kappa shape index (κ1) is 20.6. The minimum atomic E-state index is 0.924. The van der Waals surface area contributed by atoms with Gasteiger partial charge in [-0.05, 0) is 79.5 Å². The molecule has 4 rings (SSSR count). The van der Waals surface area contributed by atoms with Gasteiger partial charge in [0.25, 0.3) is 0 Å². The molecule has 2 aliphatic heterocycles. The van der Waals surface area contributed by atoms with E-state index in [1.807, 2.05) is 0 Å². The molecule has 4 nitrogen and oxygen atoms in total. The van der Waals surface area contributed by atoms with Crippen LogP contribution < -0.4 is 19.3 Å². The summed E-state index contributed by atoms with van der Waals surface area (Å²) in [5.74, 6) is 1.85. The number of nitrogens with zero attached hydrogens (tertiary/aromatic N) is 2. The van der Waals surface area contributed by atoms with E-state index < -0.39 is 0 Å². The fraction of sp³-hybridized carbons (Fsp3) is 0.462. The van der Waals surface area contributed by atoms with E-state index in [0.29, 0.717) is 0 Å². The Hall–Kier alpha value is -2.62. The maximum absolute atomic E-state index is 5.75. The number of hydrogen-bond acceptors (Lipinski definition) is 4. The largest absolute Gasteiger partial charge is 0.495 e. The van der Waals surface area contributed by atoms with Gasteiger partial charge in [-0.25, -0.2) is 0 Å². The molecule has 0 radical (unpaired) electrons. The number of ether oxygens (including phenoxy) is 2. The van der Waals surface area contributed by atoms with Gasteiger partial charge in [-0.15, -0.1) is 0 Å². The van der Waals surface area contributed by atoms with Gasteiger partial charge in [0.15, 0.2) is 0 Å². The Labute approximate surface area is 181 Å². The molecule has 0 aromatic heterocycles. The summed E-state index contributed by atoms with van der Waals surface area (Å²) in [5.41, 5.74) is 5.53. The highest BCUT2D eigenvalue weighted by Crippen LogP contribution is 2.37. The third-order valence-corrected chi connectivity index (χ3v) is 6.45. The van der Waals surface area contributed by atoms with Gasteiger partial charge in [-0.3, -0.25) is 0 Å². The van der Waals surface area contributed by atoms with Crippen molar-refractivity contribution in [3.63, 3.8) is 0 Å². The average molecular weight is 407 g/mol. The Morgan fingerprint density at radius 2 is 1.07 bits per heavy atom. The molecule has 0 saturated carbocycles. The molecular formula is C26H34N2O2. The molecule has 160 valence electrons. The van der Waals surface area contributed by atoms with Crippen molar-refractivity contribution in [3.8, 4) is 11.5 Å². The van der Waals surface area contributed by atoms with E-state index in [1.165, 1.54) is 49.9 Å². The van der Waals surface area contributed by atoms with Crippen LogP contribution in [0.5, 0.6) is 11.5 Å². The van der Waals surface area contributed by atoms with Gasteiger partial charge in [0.1, 0.15) is 11.5 Å². The van der Waals surface area contributed by atoms with Crippen LogP contribution >= 0.6 is 0 Å². The van der Waals surface area contributed by atoms with Gasteiger partial charge >= 0.3 is 0 Å². The Morgan fingerprint density at radius 3 is 1.43 bits per heavy atom. The summed E-state index contributed by atoms with van der Waals surface area (Å²) in [6.45, 7) is 8.80.